The molecule has 217 valence electrons. The molecule has 3 heterocycles. The van der Waals surface area contributed by atoms with Gasteiger partial charge in [0.15, 0.2) is 0 Å². The van der Waals surface area contributed by atoms with Gasteiger partial charge in [-0.2, -0.15) is 0 Å². The van der Waals surface area contributed by atoms with Gasteiger partial charge >= 0.3 is 0 Å². The lowest BCUT2D eigenvalue weighted by Crippen LogP contribution is -2.26. The molecule has 2 nitrogen and oxygen atoms in total. The quantitative estimate of drug-likeness (QED) is 0.188. The number of furan rings is 1. The molecule has 0 saturated carbocycles. The van der Waals surface area contributed by atoms with E-state index in [1.54, 1.807) is 20.9 Å². The highest BCUT2D eigenvalue weighted by molar-refractivity contribution is 8.04. The van der Waals surface area contributed by atoms with Crippen LogP contribution in [0.15, 0.2) is 136 Å². The summed E-state index contributed by atoms with van der Waals surface area (Å²) in [6.07, 6.45) is 15.2. The number of fused-ring (bicyclic) bond motifs is 11. The summed E-state index contributed by atoms with van der Waals surface area (Å²) in [6.45, 7) is 2.50. The van der Waals surface area contributed by atoms with Crippen LogP contribution < -0.4 is 10.1 Å². The second-order valence-electron chi connectivity index (χ2n) is 12.9. The van der Waals surface area contributed by atoms with Crippen molar-refractivity contribution in [2.75, 3.05) is 4.90 Å². The maximum atomic E-state index is 6.67. The minimum atomic E-state index is -0.856. The lowest BCUT2D eigenvalue weighted by Gasteiger charge is -2.26. The number of rotatable bonds is 3. The van der Waals surface area contributed by atoms with E-state index in [4.69, 9.17) is 4.42 Å². The Balaban J connectivity index is 1.10. The Hall–Kier alpha value is -4.25. The Morgan fingerprint density at radius 2 is 1.62 bits per heavy atom. The van der Waals surface area contributed by atoms with Crippen molar-refractivity contribution in [1.82, 2.24) is 0 Å². The zero-order chi connectivity index (χ0) is 29.6. The van der Waals surface area contributed by atoms with Crippen LogP contribution in [-0.2, 0) is 12.8 Å². The van der Waals surface area contributed by atoms with E-state index >= 15 is 0 Å². The third kappa shape index (κ3) is 3.82. The molecular formula is C41H32NOSSi. The number of thioether (sulfide) groups is 1. The van der Waals surface area contributed by atoms with Crippen LogP contribution in [0, 0.1) is 11.8 Å². The van der Waals surface area contributed by atoms with Crippen LogP contribution in [0.1, 0.15) is 23.1 Å². The Labute approximate surface area is 270 Å². The van der Waals surface area contributed by atoms with E-state index in [-0.39, 0.29) is 0 Å². The van der Waals surface area contributed by atoms with E-state index in [2.05, 4.69) is 145 Å². The van der Waals surface area contributed by atoms with Crippen LogP contribution in [0.2, 0.25) is 6.55 Å². The van der Waals surface area contributed by atoms with Crippen LogP contribution in [0.25, 0.3) is 27.9 Å². The molecule has 1 fully saturated rings. The molecule has 0 N–H and O–H groups in total. The minimum absolute atomic E-state index is 0.579. The SMILES string of the molecule is C[Si]1C2=CCC3C(=C2c2ccc(N(c4ccccc4)c4ccc5c6c(oc5c4)-c4ccccc4CC6)cc21)SC1C=CC=CC13. The van der Waals surface area contributed by atoms with E-state index in [0.29, 0.717) is 17.1 Å². The molecule has 1 saturated heterocycles. The molecule has 2 aliphatic heterocycles. The summed E-state index contributed by atoms with van der Waals surface area (Å²) in [5.41, 5.74) is 11.5. The van der Waals surface area contributed by atoms with Gasteiger partial charge in [0, 0.05) is 56.7 Å². The van der Waals surface area contributed by atoms with E-state index < -0.39 is 8.80 Å². The van der Waals surface area contributed by atoms with Crippen molar-refractivity contribution in [3.05, 3.63) is 148 Å². The van der Waals surface area contributed by atoms with Gasteiger partial charge in [-0.05, 0) is 82.5 Å². The molecule has 4 heteroatoms. The first-order valence-corrected chi connectivity index (χ1v) is 19.0. The molecule has 0 bridgehead atoms. The van der Waals surface area contributed by atoms with Gasteiger partial charge in [-0.1, -0.05) is 90.7 Å². The predicted octanol–water partition coefficient (Wildman–Crippen LogP) is 10.1. The average molecular weight is 615 g/mol. The van der Waals surface area contributed by atoms with Crippen molar-refractivity contribution in [3.63, 3.8) is 0 Å². The third-order valence-corrected chi connectivity index (χ3v) is 14.6. The summed E-state index contributed by atoms with van der Waals surface area (Å²) < 4.78 is 6.67. The van der Waals surface area contributed by atoms with Crippen LogP contribution in [0.4, 0.5) is 17.1 Å². The molecule has 0 spiro atoms. The van der Waals surface area contributed by atoms with E-state index in [1.165, 1.54) is 39.7 Å². The zero-order valence-corrected chi connectivity index (χ0v) is 27.0. The Bertz CT molecular complexity index is 2170. The number of benzene rings is 4. The fourth-order valence-electron chi connectivity index (χ4n) is 8.43. The number of allylic oxidation sites excluding steroid dienone is 7. The second-order valence-corrected chi connectivity index (χ2v) is 16.4. The van der Waals surface area contributed by atoms with Crippen LogP contribution in [0.3, 0.4) is 0 Å². The van der Waals surface area contributed by atoms with Gasteiger partial charge in [-0.25, -0.2) is 0 Å². The van der Waals surface area contributed by atoms with Crippen LogP contribution >= 0.6 is 11.8 Å². The molecule has 5 aliphatic rings. The lowest BCUT2D eigenvalue weighted by atomic mass is 9.80. The van der Waals surface area contributed by atoms with E-state index in [1.807, 2.05) is 0 Å². The van der Waals surface area contributed by atoms with Gasteiger partial charge in [0.2, 0.25) is 0 Å². The maximum absolute atomic E-state index is 6.67. The van der Waals surface area contributed by atoms with Crippen molar-refractivity contribution in [2.45, 2.75) is 31.1 Å². The molecule has 0 amide bonds. The topological polar surface area (TPSA) is 16.4 Å². The largest absolute Gasteiger partial charge is 0.456 e. The van der Waals surface area contributed by atoms with Crippen molar-refractivity contribution >= 4 is 59.3 Å². The fraction of sp³-hybridized carbons (Fsp3) is 0.171. The average Bonchev–Trinajstić information content (AvgIpc) is 3.75. The highest BCUT2D eigenvalue weighted by atomic mass is 32.2. The molecule has 4 aromatic carbocycles. The molecule has 10 rings (SSSR count). The van der Waals surface area contributed by atoms with Gasteiger partial charge in [-0.3, -0.25) is 0 Å². The molecule has 1 aromatic heterocycles. The number of anilines is 3. The summed E-state index contributed by atoms with van der Waals surface area (Å²) in [4.78, 5) is 4.05. The van der Waals surface area contributed by atoms with Crippen molar-refractivity contribution in [3.8, 4) is 11.3 Å². The molecular weight excluding hydrogens is 583 g/mol. The highest BCUT2D eigenvalue weighted by Gasteiger charge is 2.45. The number of hydrogen-bond acceptors (Lipinski definition) is 3. The summed E-state index contributed by atoms with van der Waals surface area (Å²) in [5.74, 6) is 2.30. The number of para-hydroxylation sites is 1. The molecule has 3 aliphatic carbocycles. The van der Waals surface area contributed by atoms with Gasteiger partial charge < -0.3 is 9.32 Å². The van der Waals surface area contributed by atoms with Crippen molar-refractivity contribution in [1.29, 1.82) is 0 Å². The lowest BCUT2D eigenvalue weighted by molar-refractivity contribution is 0.501. The van der Waals surface area contributed by atoms with Gasteiger partial charge in [-0.15, -0.1) is 11.8 Å². The normalized spacial score (nSPS) is 22.4. The first kappa shape index (κ1) is 26.0. The summed E-state index contributed by atoms with van der Waals surface area (Å²) in [5, 5.41) is 4.99. The summed E-state index contributed by atoms with van der Waals surface area (Å²) in [7, 11) is -0.856. The standard InChI is InChI=1S/C41H32NOSSi/c1-45-37-22-21-33-31-13-7-8-14-36(31)44-41(33)39(37)34-20-17-28(24-38(34)45)42(26-10-3-2-4-11-26)27-16-19-30-32-18-15-25-9-5-6-12-29(25)40(32)43-35(30)23-27/h2-14,16-17,19-20,22-24,31,33,36H,15,18,21H2,1H3. The first-order chi connectivity index (χ1) is 22.2. The Kier molecular flexibility index (Phi) is 5.71. The molecule has 5 aromatic rings. The maximum Gasteiger partial charge on any atom is 0.138 e. The van der Waals surface area contributed by atoms with Gasteiger partial charge in [0.1, 0.15) is 20.1 Å². The van der Waals surface area contributed by atoms with Crippen molar-refractivity contribution in [2.24, 2.45) is 11.8 Å². The number of aryl methyl sites for hydroxylation is 2. The van der Waals surface area contributed by atoms with Gasteiger partial charge in [0.25, 0.3) is 0 Å². The van der Waals surface area contributed by atoms with E-state index in [0.717, 1.165) is 35.6 Å². The first-order valence-electron chi connectivity index (χ1n) is 16.2. The molecule has 3 unspecified atom stereocenters. The molecule has 45 heavy (non-hydrogen) atoms. The van der Waals surface area contributed by atoms with Crippen LogP contribution in [-0.4, -0.2) is 14.0 Å². The number of nitrogens with zero attached hydrogens (tertiary/aromatic N) is 1. The monoisotopic (exact) mass is 614 g/mol. The summed E-state index contributed by atoms with van der Waals surface area (Å²) in [6, 6.07) is 33.6. The molecule has 1 radical (unpaired) electrons. The molecule has 3 atom stereocenters. The van der Waals surface area contributed by atoms with E-state index in [9.17, 15) is 0 Å². The van der Waals surface area contributed by atoms with Gasteiger partial charge in [0.05, 0.1) is 0 Å². The number of hydrogen-bond donors (Lipinski definition) is 0. The summed E-state index contributed by atoms with van der Waals surface area (Å²) >= 11 is 2.13. The smallest absolute Gasteiger partial charge is 0.138 e. The van der Waals surface area contributed by atoms with Crippen LogP contribution in [0.5, 0.6) is 0 Å². The zero-order valence-electron chi connectivity index (χ0n) is 25.2. The third-order valence-electron chi connectivity index (χ3n) is 10.6. The second kappa shape index (κ2) is 9.87. The Morgan fingerprint density at radius 3 is 2.56 bits per heavy atom. The minimum Gasteiger partial charge on any atom is -0.456 e. The highest BCUT2D eigenvalue weighted by Crippen LogP contribution is 2.57. The Morgan fingerprint density at radius 1 is 0.800 bits per heavy atom. The van der Waals surface area contributed by atoms with Crippen molar-refractivity contribution < 1.29 is 4.42 Å². The fourth-order valence-corrected chi connectivity index (χ4v) is 12.5. The predicted molar refractivity (Wildman–Crippen MR) is 191 cm³/mol.